The van der Waals surface area contributed by atoms with Gasteiger partial charge >= 0.3 is 0 Å². The Morgan fingerprint density at radius 2 is 2.04 bits per heavy atom. The zero-order valence-electron chi connectivity index (χ0n) is 15.1. The second kappa shape index (κ2) is 10.9. The van der Waals surface area contributed by atoms with Crippen molar-refractivity contribution in [1.29, 1.82) is 0 Å². The zero-order valence-corrected chi connectivity index (χ0v) is 15.9. The van der Waals surface area contributed by atoms with Crippen LogP contribution in [0.3, 0.4) is 0 Å². The topological polar surface area (TPSA) is 46.2 Å². The van der Waals surface area contributed by atoms with E-state index in [1.54, 1.807) is 11.3 Å². The van der Waals surface area contributed by atoms with Gasteiger partial charge in [-0.05, 0) is 43.2 Å². The van der Waals surface area contributed by atoms with Crippen LogP contribution < -0.4 is 5.73 Å². The van der Waals surface area contributed by atoms with Crippen LogP contribution in [0, 0.1) is 23.7 Å². The minimum absolute atomic E-state index is 0.144. The maximum atomic E-state index is 9.33. The first-order valence-corrected chi connectivity index (χ1v) is 10.5. The number of aliphatic hydroxyl groups is 1. The van der Waals surface area contributed by atoms with Gasteiger partial charge in [0.1, 0.15) is 6.23 Å². The van der Waals surface area contributed by atoms with Crippen LogP contribution in [0.15, 0.2) is 12.1 Å². The molecular formula is C21H33NOS. The van der Waals surface area contributed by atoms with Crippen LogP contribution in [-0.2, 0) is 6.42 Å². The molecule has 1 saturated carbocycles. The van der Waals surface area contributed by atoms with Crippen LogP contribution in [0.2, 0.25) is 0 Å². The standard InChI is InChI=1S/C21H33NOS/c1-17(21(22)23)13-14-20-16-15-19(24-20)12-8-3-2-5-9-18-10-6-4-7-11-18/h15-18,21,23H,2-7,9-11,13-14,22H2,1H3/t17-,21?/m1/s1. The molecule has 1 aromatic rings. The number of thiophene rings is 1. The van der Waals surface area contributed by atoms with Crippen LogP contribution in [0.25, 0.3) is 0 Å². The third-order valence-corrected chi connectivity index (χ3v) is 6.25. The quantitative estimate of drug-likeness (QED) is 0.391. The number of rotatable bonds is 8. The number of hydrogen-bond donors (Lipinski definition) is 2. The summed E-state index contributed by atoms with van der Waals surface area (Å²) in [6.45, 7) is 1.99. The maximum Gasteiger partial charge on any atom is 0.105 e. The zero-order chi connectivity index (χ0) is 17.2. The number of aryl methyl sites for hydroxylation is 1. The Morgan fingerprint density at radius 3 is 2.79 bits per heavy atom. The highest BCUT2D eigenvalue weighted by Crippen LogP contribution is 2.27. The first-order valence-electron chi connectivity index (χ1n) is 9.66. The molecule has 0 bridgehead atoms. The molecule has 0 amide bonds. The molecule has 0 radical (unpaired) electrons. The van der Waals surface area contributed by atoms with Gasteiger partial charge in [0.05, 0.1) is 4.88 Å². The van der Waals surface area contributed by atoms with Crippen molar-refractivity contribution in [2.75, 3.05) is 0 Å². The van der Waals surface area contributed by atoms with E-state index in [1.165, 1.54) is 61.1 Å². The van der Waals surface area contributed by atoms with Crippen molar-refractivity contribution in [3.8, 4) is 11.8 Å². The summed E-state index contributed by atoms with van der Waals surface area (Å²) in [7, 11) is 0. The number of hydrogen-bond acceptors (Lipinski definition) is 3. The van der Waals surface area contributed by atoms with Crippen LogP contribution >= 0.6 is 11.3 Å². The molecule has 2 rings (SSSR count). The normalized spacial score (nSPS) is 18.0. The van der Waals surface area contributed by atoms with Crippen molar-refractivity contribution in [1.82, 2.24) is 0 Å². The fraction of sp³-hybridized carbons (Fsp3) is 0.714. The first-order chi connectivity index (χ1) is 11.6. The van der Waals surface area contributed by atoms with Gasteiger partial charge < -0.3 is 10.8 Å². The van der Waals surface area contributed by atoms with Gasteiger partial charge in [-0.25, -0.2) is 0 Å². The van der Waals surface area contributed by atoms with Gasteiger partial charge in [0.15, 0.2) is 0 Å². The van der Waals surface area contributed by atoms with Crippen LogP contribution in [0.1, 0.15) is 80.9 Å². The fourth-order valence-electron chi connectivity index (χ4n) is 3.39. The van der Waals surface area contributed by atoms with E-state index in [9.17, 15) is 5.11 Å². The molecule has 3 N–H and O–H groups in total. The predicted octanol–water partition coefficient (Wildman–Crippen LogP) is 5.09. The third-order valence-electron chi connectivity index (χ3n) is 5.19. The fourth-order valence-corrected chi connectivity index (χ4v) is 4.29. The van der Waals surface area contributed by atoms with E-state index in [4.69, 9.17) is 5.73 Å². The molecule has 0 spiro atoms. The molecule has 2 atom stereocenters. The molecule has 1 unspecified atom stereocenters. The lowest BCUT2D eigenvalue weighted by Crippen LogP contribution is -2.27. The van der Waals surface area contributed by atoms with Gasteiger partial charge in [-0.15, -0.1) is 11.3 Å². The van der Waals surface area contributed by atoms with Crippen LogP contribution in [-0.4, -0.2) is 11.3 Å². The van der Waals surface area contributed by atoms with Gasteiger partial charge in [0.25, 0.3) is 0 Å². The summed E-state index contributed by atoms with van der Waals surface area (Å²) in [5, 5.41) is 9.33. The van der Waals surface area contributed by atoms with E-state index in [0.29, 0.717) is 0 Å². The molecule has 0 saturated heterocycles. The summed E-state index contributed by atoms with van der Waals surface area (Å²) in [5.74, 6) is 7.79. The molecule has 1 fully saturated rings. The monoisotopic (exact) mass is 347 g/mol. The molecule has 1 heterocycles. The van der Waals surface area contributed by atoms with Crippen molar-refractivity contribution >= 4 is 11.3 Å². The minimum Gasteiger partial charge on any atom is -0.379 e. The second-order valence-corrected chi connectivity index (χ2v) is 8.49. The van der Waals surface area contributed by atoms with Gasteiger partial charge in [0, 0.05) is 11.3 Å². The van der Waals surface area contributed by atoms with E-state index in [1.807, 2.05) is 6.92 Å². The minimum atomic E-state index is -0.710. The van der Waals surface area contributed by atoms with Crippen LogP contribution in [0.4, 0.5) is 0 Å². The Bertz CT molecular complexity index is 519. The molecule has 1 aliphatic rings. The molecule has 3 heteroatoms. The smallest absolute Gasteiger partial charge is 0.105 e. The van der Waals surface area contributed by atoms with E-state index >= 15 is 0 Å². The van der Waals surface area contributed by atoms with Crippen molar-refractivity contribution in [2.45, 2.75) is 83.8 Å². The van der Waals surface area contributed by atoms with Gasteiger partial charge in [-0.1, -0.05) is 63.7 Å². The molecule has 0 aromatic carbocycles. The molecule has 24 heavy (non-hydrogen) atoms. The second-order valence-electron chi connectivity index (χ2n) is 7.32. The van der Waals surface area contributed by atoms with Crippen molar-refractivity contribution in [3.05, 3.63) is 21.9 Å². The summed E-state index contributed by atoms with van der Waals surface area (Å²) in [6.07, 6.45) is 13.5. The summed E-state index contributed by atoms with van der Waals surface area (Å²) < 4.78 is 0. The Balaban J connectivity index is 1.61. The summed E-state index contributed by atoms with van der Waals surface area (Å²) in [6, 6.07) is 4.28. The van der Waals surface area contributed by atoms with Crippen molar-refractivity contribution < 1.29 is 5.11 Å². The van der Waals surface area contributed by atoms with E-state index in [2.05, 4.69) is 24.0 Å². The molecule has 134 valence electrons. The van der Waals surface area contributed by atoms with E-state index in [0.717, 1.165) is 25.2 Å². The molecular weight excluding hydrogens is 314 g/mol. The molecule has 0 aliphatic heterocycles. The lowest BCUT2D eigenvalue weighted by molar-refractivity contribution is 0.119. The molecule has 1 aliphatic carbocycles. The van der Waals surface area contributed by atoms with Crippen molar-refractivity contribution in [3.63, 3.8) is 0 Å². The number of unbranched alkanes of at least 4 members (excludes halogenated alkanes) is 2. The average Bonchev–Trinajstić information content (AvgIpc) is 3.04. The van der Waals surface area contributed by atoms with Crippen LogP contribution in [0.5, 0.6) is 0 Å². The number of nitrogens with two attached hydrogens (primary N) is 1. The summed E-state index contributed by atoms with van der Waals surface area (Å²) in [4.78, 5) is 2.50. The third kappa shape index (κ3) is 7.38. The Kier molecular flexibility index (Phi) is 8.88. The SMILES string of the molecule is C[C@H](CCc1ccc(C#CCCCCC2CCCCC2)s1)C(N)O. The molecule has 2 nitrogen and oxygen atoms in total. The van der Waals surface area contributed by atoms with Crippen molar-refractivity contribution in [2.24, 2.45) is 17.6 Å². The van der Waals surface area contributed by atoms with E-state index in [-0.39, 0.29) is 5.92 Å². The predicted molar refractivity (Wildman–Crippen MR) is 104 cm³/mol. The van der Waals surface area contributed by atoms with Gasteiger partial charge in [-0.3, -0.25) is 0 Å². The Labute approximate surface area is 151 Å². The summed E-state index contributed by atoms with van der Waals surface area (Å²) >= 11 is 1.78. The lowest BCUT2D eigenvalue weighted by Gasteiger charge is -2.20. The summed E-state index contributed by atoms with van der Waals surface area (Å²) in [5.41, 5.74) is 5.50. The maximum absolute atomic E-state index is 9.33. The largest absolute Gasteiger partial charge is 0.379 e. The highest BCUT2D eigenvalue weighted by Gasteiger charge is 2.12. The van der Waals surface area contributed by atoms with Gasteiger partial charge in [-0.2, -0.15) is 0 Å². The lowest BCUT2D eigenvalue weighted by atomic mass is 9.86. The first kappa shape index (κ1) is 19.5. The Hall–Kier alpha value is -0.820. The number of aliphatic hydroxyl groups excluding tert-OH is 1. The highest BCUT2D eigenvalue weighted by atomic mass is 32.1. The van der Waals surface area contributed by atoms with Gasteiger partial charge in [0.2, 0.25) is 0 Å². The highest BCUT2D eigenvalue weighted by molar-refractivity contribution is 7.12. The van der Waals surface area contributed by atoms with E-state index < -0.39 is 6.23 Å². The Morgan fingerprint density at radius 1 is 1.25 bits per heavy atom. The average molecular weight is 348 g/mol. The molecule has 1 aromatic heterocycles.